The maximum Gasteiger partial charge on any atom is 0.221 e. The molecular formula is C16H11O2. The van der Waals surface area contributed by atoms with Crippen molar-refractivity contribution in [3.63, 3.8) is 0 Å². The van der Waals surface area contributed by atoms with Crippen LogP contribution in [0.4, 0.5) is 0 Å². The number of benzene rings is 3. The molecule has 0 N–H and O–H groups in total. The molecule has 87 valence electrons. The minimum atomic E-state index is -0.0995. The van der Waals surface area contributed by atoms with Gasteiger partial charge in [0, 0.05) is 5.39 Å². The van der Waals surface area contributed by atoms with Gasteiger partial charge >= 0.3 is 0 Å². The summed E-state index contributed by atoms with van der Waals surface area (Å²) >= 11 is 0. The van der Waals surface area contributed by atoms with Crippen molar-refractivity contribution in [1.82, 2.24) is 0 Å². The second-order valence-corrected chi connectivity index (χ2v) is 4.03. The highest BCUT2D eigenvalue weighted by atomic mass is 16.5. The average molecular weight is 235 g/mol. The van der Waals surface area contributed by atoms with Crippen molar-refractivity contribution >= 4 is 10.8 Å². The first-order valence-corrected chi connectivity index (χ1v) is 5.76. The topological polar surface area (TPSA) is 29.1 Å². The largest absolute Gasteiger partial charge is 0.453 e. The van der Waals surface area contributed by atoms with Gasteiger partial charge in [-0.25, -0.2) is 0 Å². The average Bonchev–Trinajstić information content (AvgIpc) is 2.43. The SMILES string of the molecule is [O]c1ccc2ccccc2c1Oc1ccccc1. The van der Waals surface area contributed by atoms with E-state index in [4.69, 9.17) is 4.74 Å². The molecule has 3 aromatic carbocycles. The fourth-order valence-corrected chi connectivity index (χ4v) is 1.93. The second kappa shape index (κ2) is 4.41. The highest BCUT2D eigenvalue weighted by molar-refractivity contribution is 5.90. The molecule has 0 unspecified atom stereocenters. The summed E-state index contributed by atoms with van der Waals surface area (Å²) in [5.74, 6) is 0.961. The normalized spacial score (nSPS) is 10.4. The molecule has 18 heavy (non-hydrogen) atoms. The van der Waals surface area contributed by atoms with Crippen LogP contribution in [0, 0.1) is 0 Å². The lowest BCUT2D eigenvalue weighted by atomic mass is 10.1. The molecule has 2 heteroatoms. The Kier molecular flexibility index (Phi) is 2.61. The molecule has 2 nitrogen and oxygen atoms in total. The Morgan fingerprint density at radius 3 is 2.28 bits per heavy atom. The maximum absolute atomic E-state index is 11.9. The Labute approximate surface area is 105 Å². The third-order valence-electron chi connectivity index (χ3n) is 2.81. The van der Waals surface area contributed by atoms with E-state index >= 15 is 0 Å². The van der Waals surface area contributed by atoms with Crippen LogP contribution in [0.2, 0.25) is 0 Å². The molecule has 1 radical (unpaired) electrons. The lowest BCUT2D eigenvalue weighted by Gasteiger charge is -2.09. The van der Waals surface area contributed by atoms with Crippen LogP contribution < -0.4 is 4.74 Å². The number of hydrogen-bond donors (Lipinski definition) is 0. The molecule has 0 aliphatic carbocycles. The summed E-state index contributed by atoms with van der Waals surface area (Å²) in [4.78, 5) is 0. The van der Waals surface area contributed by atoms with Crippen LogP contribution in [-0.4, -0.2) is 0 Å². The third-order valence-corrected chi connectivity index (χ3v) is 2.81. The summed E-state index contributed by atoms with van der Waals surface area (Å²) < 4.78 is 5.71. The Bertz CT molecular complexity index is 675. The number of para-hydroxylation sites is 1. The van der Waals surface area contributed by atoms with Crippen LogP contribution in [-0.2, 0) is 5.11 Å². The zero-order valence-corrected chi connectivity index (χ0v) is 9.67. The predicted octanol–water partition coefficient (Wildman–Crippen LogP) is 4.78. The first kappa shape index (κ1) is 10.7. The van der Waals surface area contributed by atoms with Gasteiger partial charge in [0.25, 0.3) is 0 Å². The molecule has 0 saturated heterocycles. The van der Waals surface area contributed by atoms with E-state index in [0.717, 1.165) is 10.8 Å². The van der Waals surface area contributed by atoms with Gasteiger partial charge in [-0.05, 0) is 23.6 Å². The molecule has 0 bridgehead atoms. The smallest absolute Gasteiger partial charge is 0.221 e. The molecule has 3 aromatic rings. The number of ether oxygens (including phenoxy) is 1. The van der Waals surface area contributed by atoms with E-state index < -0.39 is 0 Å². The highest BCUT2D eigenvalue weighted by Crippen LogP contribution is 2.37. The van der Waals surface area contributed by atoms with Crippen LogP contribution in [0.25, 0.3) is 10.8 Å². The molecule has 0 atom stereocenters. The van der Waals surface area contributed by atoms with Crippen molar-refractivity contribution in [3.05, 3.63) is 66.7 Å². The van der Waals surface area contributed by atoms with E-state index in [0.29, 0.717) is 11.5 Å². The molecule has 0 fully saturated rings. The maximum atomic E-state index is 11.9. The molecule has 0 aliphatic rings. The standard InChI is InChI=1S/C16H11O2/c17-15-11-10-12-6-4-5-9-14(12)16(15)18-13-7-2-1-3-8-13/h1-11H. The minimum Gasteiger partial charge on any atom is -0.453 e. The van der Waals surface area contributed by atoms with Crippen LogP contribution in [0.15, 0.2) is 66.7 Å². The molecule has 0 aromatic heterocycles. The number of rotatable bonds is 2. The van der Waals surface area contributed by atoms with E-state index in [1.807, 2.05) is 60.7 Å². The second-order valence-electron chi connectivity index (χ2n) is 4.03. The lowest BCUT2D eigenvalue weighted by molar-refractivity contribution is 0.331. The van der Waals surface area contributed by atoms with Crippen LogP contribution in [0.1, 0.15) is 0 Å². The molecule has 3 rings (SSSR count). The predicted molar refractivity (Wildman–Crippen MR) is 70.6 cm³/mol. The number of fused-ring (bicyclic) bond motifs is 1. The molecule has 0 spiro atoms. The summed E-state index contributed by atoms with van der Waals surface area (Å²) in [5.41, 5.74) is 0. The van der Waals surface area contributed by atoms with Gasteiger partial charge in [-0.15, -0.1) is 0 Å². The lowest BCUT2D eigenvalue weighted by Crippen LogP contribution is -1.86. The molecule has 0 aliphatic heterocycles. The Morgan fingerprint density at radius 1 is 0.722 bits per heavy atom. The van der Waals surface area contributed by atoms with Crippen molar-refractivity contribution in [1.29, 1.82) is 0 Å². The van der Waals surface area contributed by atoms with Gasteiger partial charge in [-0.3, -0.25) is 5.11 Å². The van der Waals surface area contributed by atoms with Gasteiger partial charge in [0.05, 0.1) is 0 Å². The fourth-order valence-electron chi connectivity index (χ4n) is 1.93. The van der Waals surface area contributed by atoms with E-state index in [1.54, 1.807) is 6.07 Å². The van der Waals surface area contributed by atoms with Crippen molar-refractivity contribution in [2.45, 2.75) is 0 Å². The fraction of sp³-hybridized carbons (Fsp3) is 0. The van der Waals surface area contributed by atoms with Gasteiger partial charge in [-0.1, -0.05) is 48.5 Å². The van der Waals surface area contributed by atoms with Gasteiger partial charge in [0.1, 0.15) is 5.75 Å². The summed E-state index contributed by atoms with van der Waals surface area (Å²) in [6.07, 6.45) is 0. The van der Waals surface area contributed by atoms with Crippen molar-refractivity contribution in [2.75, 3.05) is 0 Å². The van der Waals surface area contributed by atoms with Gasteiger partial charge in [0.2, 0.25) is 5.75 Å². The van der Waals surface area contributed by atoms with Gasteiger partial charge in [0.15, 0.2) is 5.75 Å². The number of hydrogen-bond acceptors (Lipinski definition) is 1. The Balaban J connectivity index is 2.13. The summed E-state index contributed by atoms with van der Waals surface area (Å²) in [7, 11) is 0. The monoisotopic (exact) mass is 235 g/mol. The first-order chi connectivity index (χ1) is 8.84. The Morgan fingerprint density at radius 2 is 1.44 bits per heavy atom. The van der Waals surface area contributed by atoms with Crippen LogP contribution in [0.3, 0.4) is 0 Å². The van der Waals surface area contributed by atoms with E-state index in [1.165, 1.54) is 0 Å². The molecule has 0 heterocycles. The van der Waals surface area contributed by atoms with Gasteiger partial charge in [-0.2, -0.15) is 0 Å². The summed E-state index contributed by atoms with van der Waals surface area (Å²) in [6, 6.07) is 20.4. The van der Waals surface area contributed by atoms with E-state index in [9.17, 15) is 5.11 Å². The third kappa shape index (κ3) is 1.89. The van der Waals surface area contributed by atoms with Crippen LogP contribution in [0.5, 0.6) is 17.2 Å². The Hall–Kier alpha value is -2.48. The molecule has 0 saturated carbocycles. The molecule has 0 amide bonds. The van der Waals surface area contributed by atoms with E-state index in [-0.39, 0.29) is 5.75 Å². The first-order valence-electron chi connectivity index (χ1n) is 5.76. The zero-order chi connectivity index (χ0) is 12.4. The zero-order valence-electron chi connectivity index (χ0n) is 9.67. The van der Waals surface area contributed by atoms with Crippen molar-refractivity contribution in [2.24, 2.45) is 0 Å². The highest BCUT2D eigenvalue weighted by Gasteiger charge is 2.10. The quantitative estimate of drug-likeness (QED) is 0.628. The minimum absolute atomic E-state index is 0.0995. The van der Waals surface area contributed by atoms with Crippen molar-refractivity contribution in [3.8, 4) is 17.2 Å². The molecular weight excluding hydrogens is 224 g/mol. The summed E-state index contributed by atoms with van der Waals surface area (Å²) in [6.45, 7) is 0. The van der Waals surface area contributed by atoms with E-state index in [2.05, 4.69) is 0 Å². The van der Waals surface area contributed by atoms with Crippen LogP contribution >= 0.6 is 0 Å². The summed E-state index contributed by atoms with van der Waals surface area (Å²) in [5, 5.41) is 13.8. The van der Waals surface area contributed by atoms with Gasteiger partial charge < -0.3 is 4.74 Å². The van der Waals surface area contributed by atoms with Crippen molar-refractivity contribution < 1.29 is 9.84 Å².